The van der Waals surface area contributed by atoms with Crippen molar-refractivity contribution >= 4 is 46.9 Å². The summed E-state index contributed by atoms with van der Waals surface area (Å²) in [6.45, 7) is 0.808. The van der Waals surface area contributed by atoms with Gasteiger partial charge in [-0.25, -0.2) is 8.78 Å². The fraction of sp³-hybridized carbons (Fsp3) is 0.519. The zero-order valence-corrected chi connectivity index (χ0v) is 24.0. The standard InChI is InChI=1S/C27H36ClF2N3O2S2/c1-33(2)15-12-20(18-36-21-10-8-19(29)9-11-21)31-25-23(28)16-22(17-24(25)30)37-32-26(34)27(35-3)13-6-4-5-7-14-27/h8-11,16-17,20,31H,4-7,12-15,18H2,1-3H3,(H,32,34). The summed E-state index contributed by atoms with van der Waals surface area (Å²) in [5.41, 5.74) is -0.604. The van der Waals surface area contributed by atoms with Crippen LogP contribution in [-0.2, 0) is 9.53 Å². The van der Waals surface area contributed by atoms with Gasteiger partial charge >= 0.3 is 0 Å². The number of rotatable bonds is 12. The third-order valence-corrected chi connectivity index (χ3v) is 8.76. The van der Waals surface area contributed by atoms with E-state index in [0.717, 1.165) is 55.5 Å². The molecule has 0 radical (unpaired) electrons. The van der Waals surface area contributed by atoms with Crippen molar-refractivity contribution in [1.82, 2.24) is 9.62 Å². The molecule has 0 saturated heterocycles. The summed E-state index contributed by atoms with van der Waals surface area (Å²) in [4.78, 5) is 16.5. The average Bonchev–Trinajstić information content (AvgIpc) is 3.13. The van der Waals surface area contributed by atoms with E-state index in [4.69, 9.17) is 16.3 Å². The van der Waals surface area contributed by atoms with Gasteiger partial charge in [-0.3, -0.25) is 9.52 Å². The van der Waals surface area contributed by atoms with Crippen molar-refractivity contribution in [2.75, 3.05) is 38.8 Å². The molecule has 0 aromatic heterocycles. The number of thioether (sulfide) groups is 1. The number of anilines is 1. The van der Waals surface area contributed by atoms with Crippen LogP contribution in [0.15, 0.2) is 46.2 Å². The van der Waals surface area contributed by atoms with Gasteiger partial charge in [-0.2, -0.15) is 0 Å². The summed E-state index contributed by atoms with van der Waals surface area (Å²) >= 11 is 9.13. The fourth-order valence-electron chi connectivity index (χ4n) is 4.31. The Morgan fingerprint density at radius 1 is 1.11 bits per heavy atom. The highest BCUT2D eigenvalue weighted by molar-refractivity contribution is 7.99. The molecule has 1 fully saturated rings. The highest BCUT2D eigenvalue weighted by atomic mass is 35.5. The number of carbonyl (C=O) groups is 1. The molecule has 1 unspecified atom stereocenters. The predicted octanol–water partition coefficient (Wildman–Crippen LogP) is 7.01. The van der Waals surface area contributed by atoms with Gasteiger partial charge in [-0.05, 0) is 88.2 Å². The average molecular weight is 572 g/mol. The van der Waals surface area contributed by atoms with E-state index in [9.17, 15) is 9.18 Å². The molecule has 5 nitrogen and oxygen atoms in total. The van der Waals surface area contributed by atoms with E-state index in [1.807, 2.05) is 14.1 Å². The maximum atomic E-state index is 15.2. The first-order valence-corrected chi connectivity index (χ1v) is 14.7. The molecule has 0 heterocycles. The zero-order valence-electron chi connectivity index (χ0n) is 21.6. The Morgan fingerprint density at radius 3 is 2.38 bits per heavy atom. The molecule has 1 aliphatic rings. The van der Waals surface area contributed by atoms with Gasteiger partial charge < -0.3 is 15.0 Å². The number of carbonyl (C=O) groups excluding carboxylic acids is 1. The molecule has 0 bridgehead atoms. The summed E-state index contributed by atoms with van der Waals surface area (Å²) < 4.78 is 36.9. The van der Waals surface area contributed by atoms with Crippen molar-refractivity contribution in [1.29, 1.82) is 0 Å². The van der Waals surface area contributed by atoms with E-state index in [2.05, 4.69) is 14.9 Å². The number of ether oxygens (including phenoxy) is 1. The highest BCUT2D eigenvalue weighted by Crippen LogP contribution is 2.34. The number of benzene rings is 2. The van der Waals surface area contributed by atoms with Gasteiger partial charge in [0, 0.05) is 28.7 Å². The van der Waals surface area contributed by atoms with E-state index >= 15 is 4.39 Å². The van der Waals surface area contributed by atoms with Crippen LogP contribution >= 0.6 is 35.3 Å². The van der Waals surface area contributed by atoms with Crippen LogP contribution in [-0.4, -0.2) is 56.0 Å². The summed E-state index contributed by atoms with van der Waals surface area (Å²) in [5.74, 6) is -0.300. The molecule has 0 aliphatic heterocycles. The van der Waals surface area contributed by atoms with Crippen molar-refractivity contribution in [2.24, 2.45) is 0 Å². The van der Waals surface area contributed by atoms with Crippen LogP contribution in [0.1, 0.15) is 44.9 Å². The van der Waals surface area contributed by atoms with E-state index < -0.39 is 11.4 Å². The number of nitrogens with one attached hydrogen (secondary N) is 2. The maximum Gasteiger partial charge on any atom is 0.262 e. The number of hydrogen-bond donors (Lipinski definition) is 2. The van der Waals surface area contributed by atoms with Crippen LogP contribution in [0, 0.1) is 11.6 Å². The first-order chi connectivity index (χ1) is 17.7. The molecule has 10 heteroatoms. The minimum absolute atomic E-state index is 0.0699. The monoisotopic (exact) mass is 571 g/mol. The minimum Gasteiger partial charge on any atom is -0.378 e. The Morgan fingerprint density at radius 2 is 1.78 bits per heavy atom. The van der Waals surface area contributed by atoms with Crippen molar-refractivity contribution < 1.29 is 18.3 Å². The lowest BCUT2D eigenvalue weighted by Gasteiger charge is -2.29. The van der Waals surface area contributed by atoms with Crippen molar-refractivity contribution in [2.45, 2.75) is 66.4 Å². The van der Waals surface area contributed by atoms with Gasteiger partial charge in [0.25, 0.3) is 5.91 Å². The largest absolute Gasteiger partial charge is 0.378 e. The van der Waals surface area contributed by atoms with E-state index in [-0.39, 0.29) is 28.5 Å². The second-order valence-corrected chi connectivity index (χ2v) is 12.0. The van der Waals surface area contributed by atoms with Crippen molar-refractivity contribution in [3.63, 3.8) is 0 Å². The summed E-state index contributed by atoms with van der Waals surface area (Å²) in [6.07, 6.45) is 6.21. The molecule has 1 amide bonds. The molecule has 37 heavy (non-hydrogen) atoms. The van der Waals surface area contributed by atoms with E-state index in [1.54, 1.807) is 37.1 Å². The second-order valence-electron chi connectivity index (χ2n) is 9.61. The van der Waals surface area contributed by atoms with E-state index in [0.29, 0.717) is 23.5 Å². The molecule has 1 saturated carbocycles. The Kier molecular flexibility index (Phi) is 11.8. The summed E-state index contributed by atoms with van der Waals surface area (Å²) in [7, 11) is 5.55. The van der Waals surface area contributed by atoms with Crippen LogP contribution in [0.3, 0.4) is 0 Å². The molecule has 0 spiro atoms. The number of amides is 1. The number of hydrogen-bond acceptors (Lipinski definition) is 6. The normalized spacial score (nSPS) is 16.3. The van der Waals surface area contributed by atoms with Gasteiger partial charge in [0.15, 0.2) is 0 Å². The van der Waals surface area contributed by atoms with Crippen LogP contribution in [0.4, 0.5) is 14.5 Å². The third kappa shape index (κ3) is 9.03. The Labute approximate surface area is 232 Å². The number of halogens is 3. The Balaban J connectivity index is 1.66. The Bertz CT molecular complexity index is 996. The van der Waals surface area contributed by atoms with Crippen LogP contribution in [0.2, 0.25) is 5.02 Å². The zero-order chi connectivity index (χ0) is 26.8. The van der Waals surface area contributed by atoms with Crippen molar-refractivity contribution in [3.05, 3.63) is 53.1 Å². The van der Waals surface area contributed by atoms with Crippen molar-refractivity contribution in [3.8, 4) is 0 Å². The molecular formula is C27H36ClF2N3O2S2. The first-order valence-electron chi connectivity index (χ1n) is 12.5. The van der Waals surface area contributed by atoms with Crippen LogP contribution < -0.4 is 10.0 Å². The lowest BCUT2D eigenvalue weighted by atomic mass is 9.93. The first kappa shape index (κ1) is 30.0. The smallest absolute Gasteiger partial charge is 0.262 e. The summed E-state index contributed by atoms with van der Waals surface area (Å²) in [6, 6.07) is 9.29. The highest BCUT2D eigenvalue weighted by Gasteiger charge is 2.38. The lowest BCUT2D eigenvalue weighted by molar-refractivity contribution is -0.143. The fourth-order valence-corrected chi connectivity index (χ4v) is 6.35. The van der Waals surface area contributed by atoms with Gasteiger partial charge in [-0.1, -0.05) is 37.3 Å². The third-order valence-electron chi connectivity index (χ3n) is 6.53. The Hall–Kier alpha value is -1.52. The topological polar surface area (TPSA) is 53.6 Å². The van der Waals surface area contributed by atoms with Gasteiger partial charge in [0.05, 0.1) is 10.7 Å². The van der Waals surface area contributed by atoms with Gasteiger partial charge in [0.1, 0.15) is 17.2 Å². The molecule has 1 atom stereocenters. The SMILES string of the molecule is COC1(C(=O)NSc2cc(F)c(NC(CCN(C)C)CSc3ccc(F)cc3)c(Cl)c2)CCCCCC1. The van der Waals surface area contributed by atoms with Crippen LogP contribution in [0.25, 0.3) is 0 Å². The molecule has 2 aromatic rings. The predicted molar refractivity (Wildman–Crippen MR) is 151 cm³/mol. The van der Waals surface area contributed by atoms with Gasteiger partial charge in [-0.15, -0.1) is 11.8 Å². The van der Waals surface area contributed by atoms with Gasteiger partial charge in [0.2, 0.25) is 0 Å². The maximum absolute atomic E-state index is 15.2. The van der Waals surface area contributed by atoms with E-state index in [1.165, 1.54) is 18.2 Å². The molecule has 1 aliphatic carbocycles. The molecule has 2 aromatic carbocycles. The number of methoxy groups -OCH3 is 1. The van der Waals surface area contributed by atoms with Crippen LogP contribution in [0.5, 0.6) is 0 Å². The molecule has 3 rings (SSSR count). The minimum atomic E-state index is -0.838. The number of nitrogens with zero attached hydrogens (tertiary/aromatic N) is 1. The lowest BCUT2D eigenvalue weighted by Crippen LogP contribution is -2.45. The molecule has 204 valence electrons. The quantitative estimate of drug-likeness (QED) is 0.162. The molecule has 2 N–H and O–H groups in total. The summed E-state index contributed by atoms with van der Waals surface area (Å²) in [5, 5.41) is 3.52. The second kappa shape index (κ2) is 14.6. The molecular weight excluding hydrogens is 536 g/mol.